The lowest BCUT2D eigenvalue weighted by Crippen LogP contribution is -2.53. The first-order chi connectivity index (χ1) is 8.86. The van der Waals surface area contributed by atoms with Crippen molar-refractivity contribution in [1.82, 2.24) is 0 Å². The van der Waals surface area contributed by atoms with Gasteiger partial charge in [-0.2, -0.15) is 0 Å². The highest BCUT2D eigenvalue weighted by Crippen LogP contribution is 2.48. The first-order valence-electron chi connectivity index (χ1n) is 6.44. The van der Waals surface area contributed by atoms with Crippen molar-refractivity contribution in [2.45, 2.75) is 44.5 Å². The fourth-order valence-electron chi connectivity index (χ4n) is 2.22. The lowest BCUT2D eigenvalue weighted by Gasteiger charge is -2.48. The molecule has 1 aliphatic carbocycles. The summed E-state index contributed by atoms with van der Waals surface area (Å²) in [5.41, 5.74) is 1.01. The Labute approximate surface area is 121 Å². The predicted octanol–water partition coefficient (Wildman–Crippen LogP) is 4.10. The van der Waals surface area contributed by atoms with Crippen molar-refractivity contribution in [3.63, 3.8) is 0 Å². The number of alkyl halides is 1. The minimum absolute atomic E-state index is 0.00268. The van der Waals surface area contributed by atoms with E-state index in [9.17, 15) is 10.1 Å². The molecule has 0 radical (unpaired) electrons. The van der Waals surface area contributed by atoms with E-state index in [4.69, 9.17) is 4.74 Å². The number of ether oxygens (including phenoxy) is 1. The molecule has 1 saturated carbocycles. The highest BCUT2D eigenvalue weighted by atomic mass is 79.9. The second-order valence-electron chi connectivity index (χ2n) is 5.54. The Bertz CT molecular complexity index is 501. The summed E-state index contributed by atoms with van der Waals surface area (Å²) < 4.78 is 5.86. The molecule has 0 aromatic heterocycles. The second kappa shape index (κ2) is 5.12. The number of benzene rings is 1. The Hall–Kier alpha value is -1.10. The molecule has 0 spiro atoms. The van der Waals surface area contributed by atoms with E-state index in [1.54, 1.807) is 12.1 Å². The number of aryl methyl sites for hydroxylation is 1. The summed E-state index contributed by atoms with van der Waals surface area (Å²) in [5.74, 6) is 0.375. The molecule has 0 N–H and O–H groups in total. The van der Waals surface area contributed by atoms with Gasteiger partial charge in [-0.25, -0.2) is 0 Å². The zero-order valence-electron chi connectivity index (χ0n) is 11.4. The SMILES string of the molecule is CCc1ccc(OC2CC(Br)C2(C)C)c([N+](=O)[O-])c1. The number of nitrogens with zero attached hydrogens (tertiary/aromatic N) is 1. The van der Waals surface area contributed by atoms with Gasteiger partial charge < -0.3 is 4.74 Å². The standard InChI is InChI=1S/C14H18BrNO3/c1-4-9-5-6-11(10(7-9)16(17)18)19-13-8-12(15)14(13,2)3/h5-7,12-13H,4,8H2,1-3H3. The molecule has 0 aliphatic heterocycles. The number of nitro benzene ring substituents is 1. The first-order valence-corrected chi connectivity index (χ1v) is 7.36. The first kappa shape index (κ1) is 14.3. The van der Waals surface area contributed by atoms with E-state index < -0.39 is 0 Å². The van der Waals surface area contributed by atoms with Gasteiger partial charge in [-0.05, 0) is 24.5 Å². The summed E-state index contributed by atoms with van der Waals surface area (Å²) in [4.78, 5) is 11.2. The minimum atomic E-state index is -0.369. The predicted molar refractivity (Wildman–Crippen MR) is 78.0 cm³/mol. The molecule has 2 rings (SSSR count). The van der Waals surface area contributed by atoms with Crippen LogP contribution in [-0.4, -0.2) is 15.9 Å². The van der Waals surface area contributed by atoms with E-state index >= 15 is 0 Å². The minimum Gasteiger partial charge on any atom is -0.483 e. The quantitative estimate of drug-likeness (QED) is 0.475. The van der Waals surface area contributed by atoms with Crippen molar-refractivity contribution in [3.8, 4) is 5.75 Å². The fourth-order valence-corrected chi connectivity index (χ4v) is 2.85. The Morgan fingerprint density at radius 3 is 2.68 bits per heavy atom. The van der Waals surface area contributed by atoms with Gasteiger partial charge in [0.1, 0.15) is 6.10 Å². The van der Waals surface area contributed by atoms with E-state index in [1.165, 1.54) is 0 Å². The monoisotopic (exact) mass is 327 g/mol. The van der Waals surface area contributed by atoms with E-state index in [1.807, 2.05) is 13.0 Å². The summed E-state index contributed by atoms with van der Waals surface area (Å²) in [6, 6.07) is 5.21. The summed E-state index contributed by atoms with van der Waals surface area (Å²) in [6.07, 6.45) is 1.67. The molecule has 1 aliphatic rings. The van der Waals surface area contributed by atoms with E-state index in [2.05, 4.69) is 29.8 Å². The van der Waals surface area contributed by atoms with Crippen LogP contribution in [0.3, 0.4) is 0 Å². The normalized spacial score (nSPS) is 24.6. The van der Waals surface area contributed by atoms with E-state index in [0.717, 1.165) is 18.4 Å². The Morgan fingerprint density at radius 1 is 1.53 bits per heavy atom. The lowest BCUT2D eigenvalue weighted by molar-refractivity contribution is -0.386. The van der Waals surface area contributed by atoms with Crippen LogP contribution in [0.4, 0.5) is 5.69 Å². The molecule has 1 aromatic carbocycles. The van der Waals surface area contributed by atoms with Crippen molar-refractivity contribution in [3.05, 3.63) is 33.9 Å². The second-order valence-corrected chi connectivity index (χ2v) is 6.65. The molecule has 2 atom stereocenters. The molecular weight excluding hydrogens is 310 g/mol. The lowest BCUT2D eigenvalue weighted by atomic mass is 9.69. The maximum Gasteiger partial charge on any atom is 0.311 e. The van der Waals surface area contributed by atoms with Crippen LogP contribution in [-0.2, 0) is 6.42 Å². The Balaban J connectivity index is 2.23. The third kappa shape index (κ3) is 2.61. The van der Waals surface area contributed by atoms with Gasteiger partial charge in [-0.1, -0.05) is 42.8 Å². The molecule has 1 fully saturated rings. The molecule has 104 valence electrons. The van der Waals surface area contributed by atoms with Crippen LogP contribution >= 0.6 is 15.9 Å². The Morgan fingerprint density at radius 2 is 2.21 bits per heavy atom. The number of hydrogen-bond acceptors (Lipinski definition) is 3. The number of nitro groups is 1. The van der Waals surface area contributed by atoms with Crippen LogP contribution < -0.4 is 4.74 Å². The van der Waals surface area contributed by atoms with Gasteiger partial charge in [0.2, 0.25) is 0 Å². The van der Waals surface area contributed by atoms with Crippen LogP contribution in [0, 0.1) is 15.5 Å². The zero-order valence-corrected chi connectivity index (χ0v) is 12.9. The van der Waals surface area contributed by atoms with Crippen molar-refractivity contribution in [2.75, 3.05) is 0 Å². The van der Waals surface area contributed by atoms with Crippen LogP contribution in [0.15, 0.2) is 18.2 Å². The van der Waals surface area contributed by atoms with Crippen molar-refractivity contribution >= 4 is 21.6 Å². The van der Waals surface area contributed by atoms with Gasteiger partial charge in [0.25, 0.3) is 0 Å². The third-order valence-corrected chi connectivity index (χ3v) is 5.51. The fraction of sp³-hybridized carbons (Fsp3) is 0.571. The van der Waals surface area contributed by atoms with E-state index in [-0.39, 0.29) is 22.1 Å². The molecule has 1 aromatic rings. The molecule has 19 heavy (non-hydrogen) atoms. The van der Waals surface area contributed by atoms with Gasteiger partial charge in [0, 0.05) is 16.3 Å². The number of hydrogen-bond donors (Lipinski definition) is 0. The topological polar surface area (TPSA) is 52.4 Å². The van der Waals surface area contributed by atoms with Crippen molar-refractivity contribution in [1.29, 1.82) is 0 Å². The average Bonchev–Trinajstić information content (AvgIpc) is 2.38. The molecular formula is C14H18BrNO3. The number of halogens is 1. The number of rotatable bonds is 4. The van der Waals surface area contributed by atoms with Crippen LogP contribution in [0.1, 0.15) is 32.8 Å². The third-order valence-electron chi connectivity index (χ3n) is 3.96. The van der Waals surface area contributed by atoms with Crippen molar-refractivity contribution in [2.24, 2.45) is 5.41 Å². The Kier molecular flexibility index (Phi) is 3.85. The molecule has 2 unspecified atom stereocenters. The summed E-state index contributed by atoms with van der Waals surface area (Å²) in [6.45, 7) is 6.18. The highest BCUT2D eigenvalue weighted by molar-refractivity contribution is 9.09. The highest BCUT2D eigenvalue weighted by Gasteiger charge is 2.49. The molecule has 0 saturated heterocycles. The van der Waals surface area contributed by atoms with E-state index in [0.29, 0.717) is 10.6 Å². The van der Waals surface area contributed by atoms with Gasteiger partial charge in [-0.15, -0.1) is 0 Å². The molecule has 5 heteroatoms. The molecule has 0 bridgehead atoms. The van der Waals surface area contributed by atoms with Gasteiger partial charge >= 0.3 is 5.69 Å². The smallest absolute Gasteiger partial charge is 0.311 e. The summed E-state index contributed by atoms with van der Waals surface area (Å²) in [5, 5.41) is 11.1. The van der Waals surface area contributed by atoms with Gasteiger partial charge in [-0.3, -0.25) is 10.1 Å². The molecule has 0 heterocycles. The maximum atomic E-state index is 11.1. The van der Waals surface area contributed by atoms with Crippen LogP contribution in [0.25, 0.3) is 0 Å². The maximum absolute atomic E-state index is 11.1. The average molecular weight is 328 g/mol. The van der Waals surface area contributed by atoms with Crippen LogP contribution in [0.5, 0.6) is 5.75 Å². The largest absolute Gasteiger partial charge is 0.483 e. The zero-order chi connectivity index (χ0) is 14.2. The van der Waals surface area contributed by atoms with Gasteiger partial charge in [0.15, 0.2) is 5.75 Å². The van der Waals surface area contributed by atoms with Crippen LogP contribution in [0.2, 0.25) is 0 Å². The summed E-state index contributed by atoms with van der Waals surface area (Å²) in [7, 11) is 0. The van der Waals surface area contributed by atoms with Crippen molar-refractivity contribution < 1.29 is 9.66 Å². The molecule has 0 amide bonds. The van der Waals surface area contributed by atoms with Gasteiger partial charge in [0.05, 0.1) is 4.92 Å². The molecule has 4 nitrogen and oxygen atoms in total. The summed E-state index contributed by atoms with van der Waals surface area (Å²) >= 11 is 3.59.